The highest BCUT2D eigenvalue weighted by atomic mass is 16.3. The second-order valence-electron chi connectivity index (χ2n) is 7.22. The highest BCUT2D eigenvalue weighted by Crippen LogP contribution is 2.72. The van der Waals surface area contributed by atoms with Crippen LogP contribution in [0.1, 0.15) is 64.2 Å². The van der Waals surface area contributed by atoms with E-state index >= 15 is 0 Å². The Bertz CT molecular complexity index is 871. The fourth-order valence-electron chi connectivity index (χ4n) is 5.31. The van der Waals surface area contributed by atoms with Gasteiger partial charge in [0.25, 0.3) is 0 Å². The maximum Gasteiger partial charge on any atom is 0.160 e. The van der Waals surface area contributed by atoms with Gasteiger partial charge in [-0.25, -0.2) is 0 Å². The number of Topliss-reactive ketones (excluding diaryl/α,β-unsaturated/α-hetero) is 1. The molecule has 0 amide bonds. The van der Waals surface area contributed by atoms with E-state index in [2.05, 4.69) is 0 Å². The van der Waals surface area contributed by atoms with Crippen molar-refractivity contribution in [2.24, 2.45) is 0 Å². The minimum absolute atomic E-state index is 0.0106. The van der Waals surface area contributed by atoms with Gasteiger partial charge >= 0.3 is 0 Å². The molecule has 5 rings (SSSR count). The molecule has 2 unspecified atom stereocenters. The molecule has 3 aliphatic carbocycles. The van der Waals surface area contributed by atoms with Gasteiger partial charge in [-0.2, -0.15) is 0 Å². The van der Waals surface area contributed by atoms with Crippen molar-refractivity contribution in [3.63, 3.8) is 0 Å². The Morgan fingerprint density at radius 3 is 2.39 bits per heavy atom. The fourth-order valence-corrected chi connectivity index (χ4v) is 5.31. The molecule has 0 heterocycles. The fraction of sp³-hybridized carbons (Fsp3) is 0.350. The van der Waals surface area contributed by atoms with Crippen molar-refractivity contribution in [1.29, 1.82) is 0 Å². The summed E-state index contributed by atoms with van der Waals surface area (Å²) in [5, 5.41) is 22.5. The number of hydrogen-bond acceptors (Lipinski definition) is 3. The topological polar surface area (TPSA) is 57.5 Å². The summed E-state index contributed by atoms with van der Waals surface area (Å²) in [7, 11) is 0. The lowest BCUT2D eigenvalue weighted by Crippen LogP contribution is -2.61. The molecule has 0 spiro atoms. The van der Waals surface area contributed by atoms with Gasteiger partial charge in [0.1, 0.15) is 0 Å². The van der Waals surface area contributed by atoms with Gasteiger partial charge in [-0.15, -0.1) is 0 Å². The highest BCUT2D eigenvalue weighted by molar-refractivity contribution is 5.97. The Labute approximate surface area is 134 Å². The zero-order valence-electron chi connectivity index (χ0n) is 12.9. The highest BCUT2D eigenvalue weighted by Gasteiger charge is 2.68. The summed E-state index contributed by atoms with van der Waals surface area (Å²) in [6.45, 7) is 1.55. The average molecular weight is 306 g/mol. The molecule has 2 aromatic carbocycles. The first-order valence-electron chi connectivity index (χ1n) is 8.17. The van der Waals surface area contributed by atoms with Crippen LogP contribution in [-0.4, -0.2) is 16.0 Å². The van der Waals surface area contributed by atoms with Gasteiger partial charge in [-0.3, -0.25) is 4.79 Å². The van der Waals surface area contributed by atoms with Gasteiger partial charge in [0.2, 0.25) is 0 Å². The molecule has 0 aliphatic heterocycles. The molecular weight excluding hydrogens is 288 g/mol. The first-order chi connectivity index (χ1) is 11.0. The standard InChI is InChI=1S/C20H18O3/c1-11(21)12-6-4-7-14-16(12)20(23)10-9-19(22)15-8-3-2-5-13(15)17(19)18(14)20/h2-8,17-18,22-23H,9-10H2,1H3/t17-,18?,19+,20?/m1/s1. The number of rotatable bonds is 1. The third-order valence-corrected chi connectivity index (χ3v) is 6.26. The molecule has 0 aromatic heterocycles. The van der Waals surface area contributed by atoms with Crippen molar-refractivity contribution >= 4 is 5.78 Å². The van der Waals surface area contributed by atoms with Gasteiger partial charge < -0.3 is 10.2 Å². The summed E-state index contributed by atoms with van der Waals surface area (Å²) in [4.78, 5) is 11.9. The summed E-state index contributed by atoms with van der Waals surface area (Å²) in [5.74, 6) is -0.207. The Hall–Kier alpha value is -1.97. The third kappa shape index (κ3) is 1.33. The molecule has 0 radical (unpaired) electrons. The lowest BCUT2D eigenvalue weighted by Gasteiger charge is -2.64. The van der Waals surface area contributed by atoms with Crippen LogP contribution in [0.25, 0.3) is 0 Å². The van der Waals surface area contributed by atoms with Crippen LogP contribution in [0.5, 0.6) is 0 Å². The first kappa shape index (κ1) is 13.5. The molecule has 4 atom stereocenters. The zero-order valence-corrected chi connectivity index (χ0v) is 12.9. The first-order valence-corrected chi connectivity index (χ1v) is 8.17. The molecule has 3 aliphatic rings. The molecule has 1 saturated carbocycles. The number of benzene rings is 2. The van der Waals surface area contributed by atoms with Gasteiger partial charge in [0.05, 0.1) is 11.2 Å². The molecule has 2 aromatic rings. The lowest BCUT2D eigenvalue weighted by molar-refractivity contribution is -0.155. The normalized spacial score (nSPS) is 35.8. The Balaban J connectivity index is 1.72. The molecule has 0 saturated heterocycles. The zero-order chi connectivity index (χ0) is 16.0. The summed E-state index contributed by atoms with van der Waals surface area (Å²) < 4.78 is 0. The van der Waals surface area contributed by atoms with E-state index in [1.807, 2.05) is 36.4 Å². The average Bonchev–Trinajstić information content (AvgIpc) is 2.55. The smallest absolute Gasteiger partial charge is 0.160 e. The van der Waals surface area contributed by atoms with Gasteiger partial charge in [-0.05, 0) is 42.0 Å². The second kappa shape index (κ2) is 3.92. The predicted molar refractivity (Wildman–Crippen MR) is 85.4 cm³/mol. The van der Waals surface area contributed by atoms with E-state index < -0.39 is 11.2 Å². The number of fused-ring (bicyclic) bond motifs is 9. The van der Waals surface area contributed by atoms with Crippen molar-refractivity contribution < 1.29 is 15.0 Å². The van der Waals surface area contributed by atoms with E-state index in [-0.39, 0.29) is 17.6 Å². The number of ketones is 1. The van der Waals surface area contributed by atoms with Gasteiger partial charge in [0.15, 0.2) is 5.78 Å². The Morgan fingerprint density at radius 1 is 0.957 bits per heavy atom. The SMILES string of the molecule is CC(=O)c1cccc2c1C1(O)CC[C@]3(O)c4ccccc4[C@@H]3C21. The molecule has 0 bridgehead atoms. The molecule has 3 nitrogen and oxygen atoms in total. The van der Waals surface area contributed by atoms with Crippen molar-refractivity contribution in [1.82, 2.24) is 0 Å². The second-order valence-corrected chi connectivity index (χ2v) is 7.22. The quantitative estimate of drug-likeness (QED) is 0.796. The van der Waals surface area contributed by atoms with E-state index in [1.54, 1.807) is 13.0 Å². The van der Waals surface area contributed by atoms with E-state index in [4.69, 9.17) is 0 Å². The van der Waals surface area contributed by atoms with Crippen molar-refractivity contribution in [2.45, 2.75) is 42.8 Å². The minimum atomic E-state index is -0.984. The van der Waals surface area contributed by atoms with Crippen LogP contribution >= 0.6 is 0 Å². The van der Waals surface area contributed by atoms with Crippen LogP contribution in [0.2, 0.25) is 0 Å². The number of carbonyl (C=O) groups is 1. The third-order valence-electron chi connectivity index (χ3n) is 6.26. The van der Waals surface area contributed by atoms with Crippen LogP contribution in [0, 0.1) is 0 Å². The van der Waals surface area contributed by atoms with Gasteiger partial charge in [0, 0.05) is 17.4 Å². The molecule has 2 N–H and O–H groups in total. The number of hydrogen-bond donors (Lipinski definition) is 2. The summed E-state index contributed by atoms with van der Waals surface area (Å²) >= 11 is 0. The lowest BCUT2D eigenvalue weighted by atomic mass is 9.43. The molecule has 116 valence electrons. The molecular formula is C20H18O3. The molecule has 23 heavy (non-hydrogen) atoms. The van der Waals surface area contributed by atoms with Crippen molar-refractivity contribution in [2.75, 3.05) is 0 Å². The van der Waals surface area contributed by atoms with Crippen molar-refractivity contribution in [3.8, 4) is 0 Å². The van der Waals surface area contributed by atoms with Crippen LogP contribution in [0.15, 0.2) is 42.5 Å². The number of aliphatic hydroxyl groups is 2. The van der Waals surface area contributed by atoms with E-state index in [1.165, 1.54) is 0 Å². The Kier molecular flexibility index (Phi) is 2.29. The van der Waals surface area contributed by atoms with E-state index in [0.29, 0.717) is 18.4 Å². The van der Waals surface area contributed by atoms with Gasteiger partial charge in [-0.1, -0.05) is 42.5 Å². The molecule has 1 fully saturated rings. The summed E-state index contributed by atoms with van der Waals surface area (Å²) in [6, 6.07) is 13.6. The minimum Gasteiger partial charge on any atom is -0.384 e. The van der Waals surface area contributed by atoms with Crippen LogP contribution in [0.3, 0.4) is 0 Å². The predicted octanol–water partition coefficient (Wildman–Crippen LogP) is 2.95. The summed E-state index contributed by atoms with van der Waals surface area (Å²) in [5.41, 5.74) is 2.76. The largest absolute Gasteiger partial charge is 0.384 e. The van der Waals surface area contributed by atoms with Crippen LogP contribution in [-0.2, 0) is 11.2 Å². The maximum atomic E-state index is 11.9. The monoisotopic (exact) mass is 306 g/mol. The van der Waals surface area contributed by atoms with Crippen molar-refractivity contribution in [3.05, 3.63) is 70.3 Å². The summed E-state index contributed by atoms with van der Waals surface area (Å²) in [6.07, 6.45) is 1.03. The van der Waals surface area contributed by atoms with Crippen LogP contribution in [0.4, 0.5) is 0 Å². The molecule has 3 heteroatoms. The maximum absolute atomic E-state index is 11.9. The van der Waals surface area contributed by atoms with E-state index in [0.717, 1.165) is 22.3 Å². The van der Waals surface area contributed by atoms with E-state index in [9.17, 15) is 15.0 Å². The Morgan fingerprint density at radius 2 is 1.61 bits per heavy atom. The number of carbonyl (C=O) groups excluding carboxylic acids is 1. The van der Waals surface area contributed by atoms with Crippen LogP contribution < -0.4 is 0 Å².